The van der Waals surface area contributed by atoms with E-state index in [4.69, 9.17) is 15.1 Å². The fourth-order valence-electron chi connectivity index (χ4n) is 1.17. The van der Waals surface area contributed by atoms with Crippen LogP contribution in [0.4, 0.5) is 0 Å². The Labute approximate surface area is 97.0 Å². The summed E-state index contributed by atoms with van der Waals surface area (Å²) in [6.07, 6.45) is 0. The highest BCUT2D eigenvalue weighted by molar-refractivity contribution is 5.95. The van der Waals surface area contributed by atoms with Gasteiger partial charge in [0.05, 0.1) is 12.7 Å². The van der Waals surface area contributed by atoms with Gasteiger partial charge in [-0.1, -0.05) is 0 Å². The van der Waals surface area contributed by atoms with Crippen LogP contribution in [0.2, 0.25) is 0 Å². The first kappa shape index (κ1) is 12.5. The molecule has 6 heteroatoms. The topological polar surface area (TPSA) is 96.6 Å². The molecule has 1 aromatic rings. The quantitative estimate of drug-likeness (QED) is 0.784. The number of carbonyl (C=O) groups is 2. The number of esters is 1. The molecule has 0 aromatic heterocycles. The maximum absolute atomic E-state index is 11.5. The van der Waals surface area contributed by atoms with Crippen molar-refractivity contribution in [2.45, 2.75) is 0 Å². The molecule has 0 aliphatic rings. The predicted octanol–water partition coefficient (Wildman–Crippen LogP) is 1.07. The lowest BCUT2D eigenvalue weighted by Crippen LogP contribution is -2.08. The first-order valence-corrected chi connectivity index (χ1v) is 4.55. The summed E-state index contributed by atoms with van der Waals surface area (Å²) in [4.78, 5) is 22.2. The zero-order chi connectivity index (χ0) is 12.8. The van der Waals surface area contributed by atoms with Crippen LogP contribution in [0.3, 0.4) is 0 Å². The van der Waals surface area contributed by atoms with Gasteiger partial charge in [-0.25, -0.2) is 9.59 Å². The number of rotatable bonds is 4. The Kier molecular flexibility index (Phi) is 4.06. The van der Waals surface area contributed by atoms with Crippen molar-refractivity contribution in [3.8, 4) is 11.8 Å². The van der Waals surface area contributed by atoms with E-state index in [0.29, 0.717) is 0 Å². The largest absolute Gasteiger partial charge is 0.496 e. The van der Waals surface area contributed by atoms with E-state index in [-0.39, 0.29) is 23.5 Å². The first-order valence-electron chi connectivity index (χ1n) is 4.55. The van der Waals surface area contributed by atoms with Gasteiger partial charge in [0.2, 0.25) is 0 Å². The summed E-state index contributed by atoms with van der Waals surface area (Å²) in [6.45, 7) is -0.372. The summed E-state index contributed by atoms with van der Waals surface area (Å²) in [5.41, 5.74) is 0.0754. The van der Waals surface area contributed by atoms with Gasteiger partial charge < -0.3 is 14.6 Å². The third-order valence-corrected chi connectivity index (χ3v) is 1.94. The number of carboxylic acid groups (broad SMARTS) is 1. The number of carbonyl (C=O) groups excluding carboxylic acids is 1. The Hall–Kier alpha value is -2.55. The number of carboxylic acids is 1. The van der Waals surface area contributed by atoms with Crippen molar-refractivity contribution in [1.29, 1.82) is 5.26 Å². The number of benzene rings is 1. The Morgan fingerprint density at radius 3 is 2.71 bits per heavy atom. The molecule has 88 valence electrons. The molecule has 1 aromatic carbocycles. The van der Waals surface area contributed by atoms with Crippen LogP contribution in [0.1, 0.15) is 20.7 Å². The summed E-state index contributed by atoms with van der Waals surface area (Å²) in [7, 11) is 1.31. The predicted molar refractivity (Wildman–Crippen MR) is 55.8 cm³/mol. The fourth-order valence-corrected chi connectivity index (χ4v) is 1.17. The van der Waals surface area contributed by atoms with Crippen LogP contribution in [0.15, 0.2) is 18.2 Å². The SMILES string of the molecule is COc1cc(C(=O)O)ccc1C(=O)OCC#N. The van der Waals surface area contributed by atoms with Crippen molar-refractivity contribution in [3.05, 3.63) is 29.3 Å². The first-order chi connectivity index (χ1) is 8.10. The number of ether oxygens (including phenoxy) is 2. The molecule has 0 atom stereocenters. The molecule has 0 aliphatic heterocycles. The minimum atomic E-state index is -1.12. The molecule has 17 heavy (non-hydrogen) atoms. The van der Waals surface area contributed by atoms with Gasteiger partial charge in [-0.05, 0) is 18.2 Å². The fraction of sp³-hybridized carbons (Fsp3) is 0.182. The van der Waals surface area contributed by atoms with Gasteiger partial charge in [0.1, 0.15) is 17.4 Å². The second kappa shape index (κ2) is 5.51. The molecule has 6 nitrogen and oxygen atoms in total. The summed E-state index contributed by atoms with van der Waals surface area (Å²) < 4.78 is 9.48. The normalized spacial score (nSPS) is 9.18. The minimum absolute atomic E-state index is 0.00122. The highest BCUT2D eigenvalue weighted by Gasteiger charge is 2.16. The second-order valence-electron chi connectivity index (χ2n) is 2.95. The summed E-state index contributed by atoms with van der Waals surface area (Å²) in [5, 5.41) is 17.0. The van der Waals surface area contributed by atoms with Crippen molar-refractivity contribution < 1.29 is 24.2 Å². The van der Waals surface area contributed by atoms with Crippen LogP contribution in [-0.4, -0.2) is 30.8 Å². The van der Waals surface area contributed by atoms with Gasteiger partial charge in [0, 0.05) is 0 Å². The van der Waals surface area contributed by atoms with Crippen molar-refractivity contribution in [2.24, 2.45) is 0 Å². The molecule has 0 aliphatic carbocycles. The maximum atomic E-state index is 11.5. The van der Waals surface area contributed by atoms with Crippen LogP contribution in [-0.2, 0) is 4.74 Å². The zero-order valence-corrected chi connectivity index (χ0v) is 8.97. The molecular formula is C11H9NO5. The number of nitrogens with zero attached hydrogens (tertiary/aromatic N) is 1. The number of hydrogen-bond acceptors (Lipinski definition) is 5. The highest BCUT2D eigenvalue weighted by Crippen LogP contribution is 2.21. The molecule has 0 amide bonds. The lowest BCUT2D eigenvalue weighted by molar-refractivity contribution is 0.0549. The average molecular weight is 235 g/mol. The van der Waals surface area contributed by atoms with Crippen molar-refractivity contribution in [1.82, 2.24) is 0 Å². The monoisotopic (exact) mass is 235 g/mol. The highest BCUT2D eigenvalue weighted by atomic mass is 16.5. The molecule has 0 saturated carbocycles. The lowest BCUT2D eigenvalue weighted by atomic mass is 10.1. The van der Waals surface area contributed by atoms with E-state index < -0.39 is 11.9 Å². The van der Waals surface area contributed by atoms with Gasteiger partial charge >= 0.3 is 11.9 Å². The summed E-state index contributed by atoms with van der Waals surface area (Å²) >= 11 is 0. The van der Waals surface area contributed by atoms with Crippen LogP contribution >= 0.6 is 0 Å². The van der Waals surface area contributed by atoms with Crippen LogP contribution < -0.4 is 4.74 Å². The van der Waals surface area contributed by atoms with Crippen LogP contribution in [0.25, 0.3) is 0 Å². The molecule has 0 spiro atoms. The van der Waals surface area contributed by atoms with Gasteiger partial charge in [0.15, 0.2) is 6.61 Å². The zero-order valence-electron chi connectivity index (χ0n) is 8.97. The van der Waals surface area contributed by atoms with Crippen LogP contribution in [0, 0.1) is 11.3 Å². The van der Waals surface area contributed by atoms with E-state index in [1.807, 2.05) is 0 Å². The van der Waals surface area contributed by atoms with Gasteiger partial charge in [0.25, 0.3) is 0 Å². The van der Waals surface area contributed by atoms with E-state index in [2.05, 4.69) is 4.74 Å². The van der Waals surface area contributed by atoms with E-state index in [1.54, 1.807) is 6.07 Å². The van der Waals surface area contributed by atoms with Crippen molar-refractivity contribution in [3.63, 3.8) is 0 Å². The number of nitriles is 1. The maximum Gasteiger partial charge on any atom is 0.342 e. The standard InChI is InChI=1S/C11H9NO5/c1-16-9-6-7(10(13)14)2-3-8(9)11(15)17-5-4-12/h2-3,6H,5H2,1H3,(H,13,14). The third kappa shape index (κ3) is 2.95. The Balaban J connectivity index is 3.05. The Bertz CT molecular complexity index is 489. The molecule has 1 N–H and O–H groups in total. The minimum Gasteiger partial charge on any atom is -0.496 e. The smallest absolute Gasteiger partial charge is 0.342 e. The number of aromatic carboxylic acids is 1. The molecular weight excluding hydrogens is 226 g/mol. The number of hydrogen-bond donors (Lipinski definition) is 1. The van der Waals surface area contributed by atoms with E-state index in [0.717, 1.165) is 0 Å². The molecule has 0 heterocycles. The molecule has 0 radical (unpaired) electrons. The van der Waals surface area contributed by atoms with E-state index in [9.17, 15) is 9.59 Å². The van der Waals surface area contributed by atoms with E-state index >= 15 is 0 Å². The molecule has 0 fully saturated rings. The molecule has 0 saturated heterocycles. The lowest BCUT2D eigenvalue weighted by Gasteiger charge is -2.07. The Morgan fingerprint density at radius 2 is 2.18 bits per heavy atom. The van der Waals surface area contributed by atoms with Crippen molar-refractivity contribution >= 4 is 11.9 Å². The van der Waals surface area contributed by atoms with Crippen LogP contribution in [0.5, 0.6) is 5.75 Å². The molecule has 0 bridgehead atoms. The summed E-state index contributed by atoms with van der Waals surface area (Å²) in [6, 6.07) is 5.41. The number of methoxy groups -OCH3 is 1. The molecule has 0 unspecified atom stereocenters. The average Bonchev–Trinajstić information content (AvgIpc) is 2.34. The Morgan fingerprint density at radius 1 is 1.47 bits per heavy atom. The second-order valence-corrected chi connectivity index (χ2v) is 2.95. The van der Waals surface area contributed by atoms with Gasteiger partial charge in [-0.2, -0.15) is 5.26 Å². The van der Waals surface area contributed by atoms with E-state index in [1.165, 1.54) is 25.3 Å². The third-order valence-electron chi connectivity index (χ3n) is 1.94. The van der Waals surface area contributed by atoms with Gasteiger partial charge in [-0.15, -0.1) is 0 Å². The van der Waals surface area contributed by atoms with Crippen molar-refractivity contribution in [2.75, 3.05) is 13.7 Å². The molecule has 1 rings (SSSR count). The summed E-state index contributed by atoms with van der Waals surface area (Å²) in [5.74, 6) is -1.77. The van der Waals surface area contributed by atoms with Gasteiger partial charge in [-0.3, -0.25) is 0 Å².